The molecule has 90 valence electrons. The van der Waals surface area contributed by atoms with Gasteiger partial charge in [0, 0.05) is 0 Å². The van der Waals surface area contributed by atoms with E-state index >= 15 is 0 Å². The first-order valence-corrected chi connectivity index (χ1v) is 7.60. The van der Waals surface area contributed by atoms with Gasteiger partial charge in [0.15, 0.2) is 0 Å². The predicted molar refractivity (Wildman–Crippen MR) is 74.3 cm³/mol. The van der Waals surface area contributed by atoms with Gasteiger partial charge in [-0.3, -0.25) is 0 Å². The van der Waals surface area contributed by atoms with E-state index in [1.54, 1.807) is 0 Å². The van der Waals surface area contributed by atoms with Crippen LogP contribution in [0.3, 0.4) is 0 Å². The third-order valence-electron chi connectivity index (χ3n) is 2.68. The minimum atomic E-state index is -3.00. The Morgan fingerprint density at radius 1 is 0.882 bits per heavy atom. The van der Waals surface area contributed by atoms with E-state index in [9.17, 15) is 4.89 Å². The van der Waals surface area contributed by atoms with Crippen molar-refractivity contribution in [1.29, 1.82) is 0 Å². The van der Waals surface area contributed by atoms with Crippen LogP contribution < -0.4 is 10.6 Å². The molecule has 2 aromatic carbocycles. The molecule has 0 aliphatic heterocycles. The van der Waals surface area contributed by atoms with E-state index in [1.807, 2.05) is 67.6 Å². The van der Waals surface area contributed by atoms with Gasteiger partial charge in [-0.25, -0.2) is 0 Å². The molecule has 0 bridgehead atoms. The molecule has 0 spiro atoms. The van der Waals surface area contributed by atoms with Crippen LogP contribution in [0.4, 0.5) is 0 Å². The fraction of sp³-hybridized carbons (Fsp3) is 0.143. The number of hydrogen-bond donors (Lipinski definition) is 1. The van der Waals surface area contributed by atoms with Crippen molar-refractivity contribution in [3.05, 3.63) is 60.7 Å². The second kappa shape index (κ2) is 5.42. The first-order chi connectivity index (χ1) is 8.27. The summed E-state index contributed by atoms with van der Waals surface area (Å²) in [5, 5.41) is 1.76. The summed E-state index contributed by atoms with van der Waals surface area (Å²) in [5.41, 5.74) is 0. The second-order valence-electron chi connectivity index (χ2n) is 3.81. The normalized spacial score (nSPS) is 12.4. The molecule has 0 aromatic heterocycles. The van der Waals surface area contributed by atoms with Gasteiger partial charge in [0.2, 0.25) is 0 Å². The van der Waals surface area contributed by atoms with Gasteiger partial charge in [-0.05, 0) is 0 Å². The molecule has 0 amide bonds. The van der Waals surface area contributed by atoms with Gasteiger partial charge in [-0.2, -0.15) is 0 Å². The van der Waals surface area contributed by atoms with E-state index < -0.39 is 7.72 Å². The van der Waals surface area contributed by atoms with Crippen molar-refractivity contribution in [1.82, 2.24) is 0 Å². The summed E-state index contributed by atoms with van der Waals surface area (Å²) in [5.74, 6) is 0. The first-order valence-electron chi connectivity index (χ1n) is 5.74. The summed E-state index contributed by atoms with van der Waals surface area (Å²) in [4.78, 5) is 10.9. The summed E-state index contributed by atoms with van der Waals surface area (Å²) < 4.78 is 5.70. The molecule has 0 fully saturated rings. The van der Waals surface area contributed by atoms with Gasteiger partial charge in [-0.1, -0.05) is 0 Å². The molecule has 0 saturated heterocycles. The summed E-state index contributed by atoms with van der Waals surface area (Å²) >= 11 is 0. The zero-order valence-corrected chi connectivity index (χ0v) is 10.8. The molecule has 0 heterocycles. The molecule has 0 saturated carbocycles. The molecule has 17 heavy (non-hydrogen) atoms. The third-order valence-corrected chi connectivity index (χ3v) is 5.62. The Labute approximate surface area is 102 Å². The number of hydrogen-bond acceptors (Lipinski definition) is 2. The predicted octanol–water partition coefficient (Wildman–Crippen LogP) is 2.25. The third kappa shape index (κ3) is 2.55. The first kappa shape index (κ1) is 12.3. The van der Waals surface area contributed by atoms with Crippen molar-refractivity contribution in [3.63, 3.8) is 0 Å². The molecule has 1 N–H and O–H groups in total. The van der Waals surface area contributed by atoms with Crippen molar-refractivity contribution in [3.8, 4) is 0 Å². The zero-order valence-electron chi connectivity index (χ0n) is 9.84. The molecule has 0 aliphatic rings. The zero-order chi connectivity index (χ0) is 12.1. The monoisotopic (exact) mass is 248 g/mol. The van der Waals surface area contributed by atoms with E-state index in [-0.39, 0.29) is 0 Å². The molecular formula is C14H17O2P. The summed E-state index contributed by atoms with van der Waals surface area (Å²) in [6.07, 6.45) is 0. The molecule has 0 atom stereocenters. The van der Waals surface area contributed by atoms with E-state index in [1.165, 1.54) is 0 Å². The Kier molecular flexibility index (Phi) is 3.90. The molecule has 2 aromatic rings. The molecule has 0 unspecified atom stereocenters. The van der Waals surface area contributed by atoms with Crippen molar-refractivity contribution in [2.24, 2.45) is 0 Å². The Bertz CT molecular complexity index is 417. The van der Waals surface area contributed by atoms with Crippen LogP contribution >= 0.6 is 7.72 Å². The summed E-state index contributed by atoms with van der Waals surface area (Å²) in [6.45, 7) is 2.41. The summed E-state index contributed by atoms with van der Waals surface area (Å²) in [6, 6.07) is 19.3. The van der Waals surface area contributed by atoms with Crippen LogP contribution in [-0.2, 0) is 4.52 Å². The van der Waals surface area contributed by atoms with Crippen LogP contribution in [0.2, 0.25) is 0 Å². The molecule has 3 heteroatoms. The van der Waals surface area contributed by atoms with Gasteiger partial charge < -0.3 is 0 Å². The number of rotatable bonds is 4. The van der Waals surface area contributed by atoms with Crippen molar-refractivity contribution in [2.45, 2.75) is 6.92 Å². The maximum atomic E-state index is 10.9. The Balaban J connectivity index is 2.47. The minimum absolute atomic E-state index is 0.506. The van der Waals surface area contributed by atoms with Crippen molar-refractivity contribution in [2.75, 3.05) is 6.61 Å². The molecule has 2 nitrogen and oxygen atoms in total. The van der Waals surface area contributed by atoms with Crippen molar-refractivity contribution >= 4 is 18.3 Å². The van der Waals surface area contributed by atoms with Crippen LogP contribution in [0, 0.1) is 0 Å². The van der Waals surface area contributed by atoms with Crippen LogP contribution in [0.5, 0.6) is 0 Å². The fourth-order valence-electron chi connectivity index (χ4n) is 1.87. The van der Waals surface area contributed by atoms with E-state index in [0.29, 0.717) is 6.61 Å². The summed E-state index contributed by atoms with van der Waals surface area (Å²) in [7, 11) is -3.00. The molecule has 0 aliphatic carbocycles. The molecule has 0 radical (unpaired) electrons. The average molecular weight is 248 g/mol. The van der Waals surface area contributed by atoms with Gasteiger partial charge >= 0.3 is 102 Å². The fourth-order valence-corrected chi connectivity index (χ4v) is 4.24. The van der Waals surface area contributed by atoms with Crippen LogP contribution in [0.25, 0.3) is 0 Å². The van der Waals surface area contributed by atoms with Crippen molar-refractivity contribution < 1.29 is 9.42 Å². The van der Waals surface area contributed by atoms with Crippen LogP contribution in [0.1, 0.15) is 6.92 Å². The quantitative estimate of drug-likeness (QED) is 0.841. The Morgan fingerprint density at radius 3 is 1.65 bits per heavy atom. The Hall–Kier alpha value is -1.21. The Morgan fingerprint density at radius 2 is 1.29 bits per heavy atom. The molecular weight excluding hydrogens is 231 g/mol. The standard InChI is InChI=1S/C14H17O2P/c1-2-16-17(15,13-9-5-3-6-10-13)14-11-7-4-8-12-14/h3-12,15,17H,2H2,1H3. The SMILES string of the molecule is CCO[PH](O)(c1ccccc1)c1ccccc1. The van der Waals surface area contributed by atoms with Crippen LogP contribution in [-0.4, -0.2) is 11.5 Å². The van der Waals surface area contributed by atoms with E-state index in [0.717, 1.165) is 10.6 Å². The van der Waals surface area contributed by atoms with Gasteiger partial charge in [0.1, 0.15) is 0 Å². The average Bonchev–Trinajstić information content (AvgIpc) is 2.41. The topological polar surface area (TPSA) is 29.5 Å². The maximum absolute atomic E-state index is 10.9. The van der Waals surface area contributed by atoms with Gasteiger partial charge in [0.05, 0.1) is 0 Å². The van der Waals surface area contributed by atoms with Gasteiger partial charge in [-0.15, -0.1) is 0 Å². The van der Waals surface area contributed by atoms with E-state index in [4.69, 9.17) is 4.52 Å². The van der Waals surface area contributed by atoms with Gasteiger partial charge in [0.25, 0.3) is 0 Å². The number of benzene rings is 2. The van der Waals surface area contributed by atoms with E-state index in [2.05, 4.69) is 0 Å². The molecule has 2 rings (SSSR count). The second-order valence-corrected chi connectivity index (χ2v) is 6.54. The van der Waals surface area contributed by atoms with Crippen LogP contribution in [0.15, 0.2) is 60.7 Å².